The second-order valence-electron chi connectivity index (χ2n) is 17.5. The summed E-state index contributed by atoms with van der Waals surface area (Å²) < 4.78 is 18.7. The highest BCUT2D eigenvalue weighted by Gasteiger charge is 2.43. The zero-order valence-corrected chi connectivity index (χ0v) is 34.1. The van der Waals surface area contributed by atoms with Crippen LogP contribution in [0.25, 0.3) is 0 Å². The van der Waals surface area contributed by atoms with E-state index in [-0.39, 0.29) is 0 Å². The minimum Gasteiger partial charge on any atom is -0.505 e. The number of nitrogens with zero attached hydrogens (tertiary/aromatic N) is 2. The Morgan fingerprint density at radius 3 is 1.04 bits per heavy atom. The largest absolute Gasteiger partial charge is 0.525 e. The fraction of sp³-hybridized carbons (Fsp3) is 0.929. The SMILES string of the molecule is C1CCC(N(C2CCCCC2)C2CCCCC2)CC1.C1CCC(N(C2CCCCC2)C2CCCCC2)CC1.O=C1O[C@H]([C@@H](O)CO)C(O)=C1OP(=O)(O)O. The van der Waals surface area contributed by atoms with E-state index in [0.29, 0.717) is 0 Å². The molecule has 2 atom stereocenters. The number of esters is 1. The first-order valence-corrected chi connectivity index (χ1v) is 23.9. The first-order chi connectivity index (χ1) is 26.2. The number of cyclic esters (lactones) is 1. The molecule has 11 nitrogen and oxygen atoms in total. The van der Waals surface area contributed by atoms with Crippen molar-refractivity contribution in [1.29, 1.82) is 0 Å². The van der Waals surface area contributed by atoms with Crippen molar-refractivity contribution in [3.05, 3.63) is 11.5 Å². The Kier molecular flexibility index (Phi) is 18.4. The van der Waals surface area contributed by atoms with Crippen LogP contribution >= 0.6 is 7.82 Å². The number of hydrogen-bond donors (Lipinski definition) is 5. The molecule has 0 unspecified atom stereocenters. The summed E-state index contributed by atoms with van der Waals surface area (Å²) in [5.74, 6) is -3.39. The third-order valence-corrected chi connectivity index (χ3v) is 14.1. The zero-order chi connectivity index (χ0) is 38.3. The second kappa shape index (κ2) is 22.7. The van der Waals surface area contributed by atoms with Gasteiger partial charge >= 0.3 is 13.8 Å². The predicted octanol–water partition coefficient (Wildman–Crippen LogP) is 8.72. The number of carbonyl (C=O) groups excluding carboxylic acids is 1. The van der Waals surface area contributed by atoms with Gasteiger partial charge in [0.1, 0.15) is 6.10 Å². The van der Waals surface area contributed by atoms with Crippen LogP contribution in [0.1, 0.15) is 193 Å². The molecule has 12 heteroatoms. The molecule has 0 spiro atoms. The summed E-state index contributed by atoms with van der Waals surface area (Å²) in [5, 5.41) is 26.9. The van der Waals surface area contributed by atoms with E-state index < -0.39 is 44.1 Å². The number of ether oxygens (including phenoxy) is 1. The van der Waals surface area contributed by atoms with E-state index in [9.17, 15) is 14.5 Å². The number of carbonyl (C=O) groups is 1. The van der Waals surface area contributed by atoms with Gasteiger partial charge in [-0.25, -0.2) is 9.36 Å². The number of rotatable bonds is 10. The molecule has 7 aliphatic rings. The Hall–Kier alpha value is -1.20. The molecule has 0 bridgehead atoms. The van der Waals surface area contributed by atoms with Crippen molar-refractivity contribution in [1.82, 2.24) is 9.80 Å². The van der Waals surface area contributed by atoms with Crippen molar-refractivity contribution in [3.63, 3.8) is 0 Å². The molecule has 7 rings (SSSR count). The third-order valence-electron chi connectivity index (χ3n) is 13.6. The quantitative estimate of drug-likeness (QED) is 0.107. The lowest BCUT2D eigenvalue weighted by Crippen LogP contribution is -2.51. The molecule has 1 heterocycles. The molecule has 6 fully saturated rings. The van der Waals surface area contributed by atoms with Crippen LogP contribution in [0.15, 0.2) is 11.5 Å². The maximum Gasteiger partial charge on any atom is 0.525 e. The fourth-order valence-electron chi connectivity index (χ4n) is 11.1. The number of hydrogen-bond acceptors (Lipinski definition) is 9. The molecule has 0 aromatic rings. The average molecular weight is 783 g/mol. The Balaban J connectivity index is 0.000000157. The van der Waals surface area contributed by atoms with E-state index in [1.165, 1.54) is 193 Å². The summed E-state index contributed by atoms with van der Waals surface area (Å²) in [5.41, 5.74) is 0. The van der Waals surface area contributed by atoms with Gasteiger partial charge in [-0.2, -0.15) is 0 Å². The van der Waals surface area contributed by atoms with E-state index in [2.05, 4.69) is 19.1 Å². The summed E-state index contributed by atoms with van der Waals surface area (Å²) in [6, 6.07) is 5.75. The Morgan fingerprint density at radius 1 is 0.556 bits per heavy atom. The monoisotopic (exact) mass is 783 g/mol. The zero-order valence-electron chi connectivity index (χ0n) is 33.2. The highest BCUT2D eigenvalue weighted by Crippen LogP contribution is 2.42. The van der Waals surface area contributed by atoms with Gasteiger partial charge in [0.05, 0.1) is 6.61 Å². The van der Waals surface area contributed by atoms with Crippen LogP contribution in [-0.4, -0.2) is 95.9 Å². The molecule has 5 N–H and O–H groups in total. The van der Waals surface area contributed by atoms with Crippen LogP contribution in [0.2, 0.25) is 0 Å². The summed E-state index contributed by atoms with van der Waals surface area (Å²) in [6.45, 7) is -0.814. The average Bonchev–Trinajstić information content (AvgIpc) is 3.48. The van der Waals surface area contributed by atoms with Gasteiger partial charge in [0.2, 0.25) is 0 Å². The van der Waals surface area contributed by atoms with Gasteiger partial charge in [0, 0.05) is 36.3 Å². The number of phosphoric acid groups is 1. The molecule has 1 aliphatic heterocycles. The molecule has 6 aliphatic carbocycles. The number of phosphoric ester groups is 1. The molecule has 312 valence electrons. The Bertz CT molecular complexity index is 1020. The van der Waals surface area contributed by atoms with Crippen molar-refractivity contribution in [2.45, 2.75) is 241 Å². The van der Waals surface area contributed by atoms with Crippen LogP contribution in [-0.2, 0) is 18.6 Å². The molecule has 0 aromatic carbocycles. The molecular formula is C42H75N2O9P. The first kappa shape index (κ1) is 43.9. The predicted molar refractivity (Wildman–Crippen MR) is 211 cm³/mol. The minimum absolute atomic E-state index is 0.814. The third kappa shape index (κ3) is 13.2. The van der Waals surface area contributed by atoms with Crippen LogP contribution < -0.4 is 0 Å². The molecule has 0 amide bonds. The molecule has 6 saturated carbocycles. The first-order valence-electron chi connectivity index (χ1n) is 22.4. The summed E-state index contributed by atoms with van der Waals surface area (Å²) >= 11 is 0. The summed E-state index contributed by atoms with van der Waals surface area (Å²) in [6.07, 6.45) is 41.9. The van der Waals surface area contributed by atoms with Crippen molar-refractivity contribution in [3.8, 4) is 0 Å². The second-order valence-corrected chi connectivity index (χ2v) is 18.7. The van der Waals surface area contributed by atoms with Crippen LogP contribution in [0.3, 0.4) is 0 Å². The summed E-state index contributed by atoms with van der Waals surface area (Å²) in [4.78, 5) is 34.0. The minimum atomic E-state index is -5.02. The van der Waals surface area contributed by atoms with Crippen LogP contribution in [0.5, 0.6) is 0 Å². The highest BCUT2D eigenvalue weighted by molar-refractivity contribution is 7.46. The fourth-order valence-corrected chi connectivity index (χ4v) is 11.5. The van der Waals surface area contributed by atoms with E-state index >= 15 is 0 Å². The van der Waals surface area contributed by atoms with Crippen molar-refractivity contribution < 1.29 is 43.7 Å². The van der Waals surface area contributed by atoms with Gasteiger partial charge in [-0.15, -0.1) is 0 Å². The molecule has 0 radical (unpaired) electrons. The van der Waals surface area contributed by atoms with Crippen molar-refractivity contribution in [2.75, 3.05) is 6.61 Å². The van der Waals surface area contributed by atoms with Crippen LogP contribution in [0.4, 0.5) is 0 Å². The van der Waals surface area contributed by atoms with E-state index in [1.807, 2.05) is 0 Å². The Labute approximate surface area is 325 Å². The lowest BCUT2D eigenvalue weighted by Gasteiger charge is -2.47. The standard InChI is InChI=1S/2C18H33N.C6H9O9P/c2*1-4-10-16(11-5-1)19(17-12-6-2-7-13-17)18-14-8-3-9-15-18;7-1-2(8)4-3(9)5(6(10)14-4)15-16(11,12)13/h2*16-18H,1-15H2;2,4,7-9H,1H2,(H2,11,12,13)/t;;2-,4+/m..0/s1. The van der Waals surface area contributed by atoms with Gasteiger partial charge in [0.15, 0.2) is 11.9 Å². The Morgan fingerprint density at radius 2 is 0.815 bits per heavy atom. The summed E-state index contributed by atoms with van der Waals surface area (Å²) in [7, 11) is -5.02. The lowest BCUT2D eigenvalue weighted by molar-refractivity contribution is -0.147. The number of aliphatic hydroxyl groups excluding tert-OH is 3. The van der Waals surface area contributed by atoms with Gasteiger partial charge in [0.25, 0.3) is 5.76 Å². The van der Waals surface area contributed by atoms with Gasteiger partial charge in [-0.3, -0.25) is 19.6 Å². The highest BCUT2D eigenvalue weighted by atomic mass is 31.2. The maximum absolute atomic E-state index is 11.0. The van der Waals surface area contributed by atoms with E-state index in [0.717, 1.165) is 36.3 Å². The molecular weight excluding hydrogens is 707 g/mol. The van der Waals surface area contributed by atoms with Crippen molar-refractivity contribution >= 4 is 13.8 Å². The molecule has 54 heavy (non-hydrogen) atoms. The normalized spacial score (nSPS) is 27.2. The van der Waals surface area contributed by atoms with Gasteiger partial charge in [-0.05, 0) is 77.0 Å². The van der Waals surface area contributed by atoms with Gasteiger partial charge in [-0.1, -0.05) is 116 Å². The van der Waals surface area contributed by atoms with Gasteiger partial charge < -0.3 is 24.6 Å². The van der Waals surface area contributed by atoms with E-state index in [4.69, 9.17) is 20.0 Å². The topological polar surface area (TPSA) is 160 Å². The maximum atomic E-state index is 11.0. The van der Waals surface area contributed by atoms with Crippen LogP contribution in [0, 0.1) is 0 Å². The molecule has 0 saturated heterocycles. The molecule has 0 aromatic heterocycles. The number of aliphatic hydroxyl groups is 3. The van der Waals surface area contributed by atoms with E-state index in [1.54, 1.807) is 0 Å². The smallest absolute Gasteiger partial charge is 0.505 e. The van der Waals surface area contributed by atoms with Crippen molar-refractivity contribution in [2.24, 2.45) is 0 Å². The lowest BCUT2D eigenvalue weighted by atomic mass is 9.84.